The molecule has 0 unspecified atom stereocenters. The van der Waals surface area contributed by atoms with Gasteiger partial charge in [-0.3, -0.25) is 0 Å². The molecule has 3 aromatic rings. The lowest BCUT2D eigenvalue weighted by molar-refractivity contribution is 0.697. The minimum atomic E-state index is -4.72. The fraction of sp³-hybridized carbons (Fsp3) is 0.0455. The lowest BCUT2D eigenvalue weighted by atomic mass is 10.1. The highest BCUT2D eigenvalue weighted by Gasteiger charge is 2.60. The van der Waals surface area contributed by atoms with Crippen molar-refractivity contribution < 1.29 is 8.39 Å². The molecule has 0 bridgehead atoms. The van der Waals surface area contributed by atoms with Crippen molar-refractivity contribution in [3.05, 3.63) is 95.0 Å². The third-order valence-corrected chi connectivity index (χ3v) is 8.65. The van der Waals surface area contributed by atoms with Crippen LogP contribution in [0.2, 0.25) is 0 Å². The Kier molecular flexibility index (Phi) is 4.73. The van der Waals surface area contributed by atoms with Gasteiger partial charge in [0.2, 0.25) is 0 Å². The first-order valence-corrected chi connectivity index (χ1v) is 12.1. The van der Waals surface area contributed by atoms with Crippen molar-refractivity contribution in [2.45, 2.75) is 16.7 Å². The van der Waals surface area contributed by atoms with Gasteiger partial charge in [0.05, 0.1) is 5.57 Å². The average molecular weight is 441 g/mol. The van der Waals surface area contributed by atoms with Gasteiger partial charge in [0.15, 0.2) is 5.04 Å². The number of hydrogen-bond donors (Lipinski definition) is 0. The summed E-state index contributed by atoms with van der Waals surface area (Å²) in [5, 5.41) is 0.956. The van der Waals surface area contributed by atoms with Gasteiger partial charge < -0.3 is 0 Å². The van der Waals surface area contributed by atoms with Crippen LogP contribution in [0.3, 0.4) is 0 Å². The van der Waals surface area contributed by atoms with Crippen molar-refractivity contribution >= 4 is 48.0 Å². The van der Waals surface area contributed by atoms with E-state index in [-0.39, 0.29) is 0 Å². The Hall–Kier alpha value is -2.14. The molecule has 0 aliphatic carbocycles. The zero-order valence-electron chi connectivity index (χ0n) is 15.4. The van der Waals surface area contributed by atoms with E-state index >= 15 is 8.39 Å². The molecule has 0 aromatic heterocycles. The van der Waals surface area contributed by atoms with E-state index in [9.17, 15) is 0 Å². The minimum absolute atomic E-state index is 0.385. The Bertz CT molecular complexity index is 1160. The minimum Gasteiger partial charge on any atom is -0.128 e. The van der Waals surface area contributed by atoms with Gasteiger partial charge in [-0.15, -0.1) is 4.67 Å². The van der Waals surface area contributed by atoms with Crippen LogP contribution in [-0.4, -0.2) is 5.04 Å². The van der Waals surface area contributed by atoms with E-state index in [1.807, 2.05) is 73.7 Å². The topological polar surface area (TPSA) is 15.6 Å². The number of thioether (sulfide) groups is 2. The number of para-hydroxylation sites is 1. The quantitative estimate of drug-likeness (QED) is 0.374. The first kappa shape index (κ1) is 18.9. The van der Waals surface area contributed by atoms with Crippen molar-refractivity contribution in [1.29, 1.82) is 0 Å². The summed E-state index contributed by atoms with van der Waals surface area (Å²) >= 11 is 2.73. The highest BCUT2D eigenvalue weighted by Crippen LogP contribution is 2.76. The molecule has 3 aromatic carbocycles. The second kappa shape index (κ2) is 7.28. The molecule has 0 atom stereocenters. The average Bonchev–Trinajstić information content (AvgIpc) is 3.10. The lowest BCUT2D eigenvalue weighted by Crippen LogP contribution is -2.21. The Morgan fingerprint density at radius 3 is 2.38 bits per heavy atom. The Balaban J connectivity index is 1.71. The van der Waals surface area contributed by atoms with Crippen molar-refractivity contribution in [1.82, 2.24) is 0 Å². The predicted molar refractivity (Wildman–Crippen MR) is 122 cm³/mol. The van der Waals surface area contributed by atoms with E-state index in [1.165, 1.54) is 28.2 Å². The van der Waals surface area contributed by atoms with Gasteiger partial charge in [-0.25, -0.2) is 0 Å². The van der Waals surface area contributed by atoms with Gasteiger partial charge in [-0.05, 0) is 41.0 Å². The van der Waals surface area contributed by atoms with Gasteiger partial charge in [0, 0.05) is 18.2 Å². The van der Waals surface area contributed by atoms with Gasteiger partial charge in [0.1, 0.15) is 10.7 Å². The third kappa shape index (κ3) is 3.29. The fourth-order valence-corrected chi connectivity index (χ4v) is 7.55. The van der Waals surface area contributed by atoms with Gasteiger partial charge in [-0.1, -0.05) is 84.2 Å². The molecule has 2 heterocycles. The summed E-state index contributed by atoms with van der Waals surface area (Å²) < 4.78 is 36.0. The van der Waals surface area contributed by atoms with Gasteiger partial charge in [-0.2, -0.15) is 0 Å². The summed E-state index contributed by atoms with van der Waals surface area (Å²) in [5.74, 6) is 0. The molecule has 0 N–H and O–H groups in total. The highest BCUT2D eigenvalue weighted by atomic mass is 32.2. The van der Waals surface area contributed by atoms with Gasteiger partial charge >= 0.3 is 8.19 Å². The molecule has 0 spiro atoms. The maximum atomic E-state index is 15.4. The summed E-state index contributed by atoms with van der Waals surface area (Å²) in [5.41, 5.74) is 3.25. The number of anilines is 1. The number of rotatable bonds is 2. The van der Waals surface area contributed by atoms with Crippen LogP contribution >= 0.6 is 31.7 Å². The molecule has 2 aliphatic rings. The first-order valence-electron chi connectivity index (χ1n) is 9.04. The van der Waals surface area contributed by atoms with E-state index in [0.29, 0.717) is 15.8 Å². The van der Waals surface area contributed by atoms with Crippen LogP contribution in [0.5, 0.6) is 0 Å². The number of hydrogen-bond acceptors (Lipinski definition) is 4. The zero-order chi connectivity index (χ0) is 20.0. The lowest BCUT2D eigenvalue weighted by Gasteiger charge is -2.24. The number of fused-ring (bicyclic) bond motifs is 3. The summed E-state index contributed by atoms with van der Waals surface area (Å²) in [6.45, 7) is 1.99. The first-order chi connectivity index (χ1) is 14.0. The van der Waals surface area contributed by atoms with Crippen LogP contribution in [0.1, 0.15) is 11.1 Å². The summed E-state index contributed by atoms with van der Waals surface area (Å²) in [4.78, 5) is 1.78. The normalized spacial score (nSPS) is 17.1. The molecule has 5 rings (SSSR count). The largest absolute Gasteiger partial charge is 0.614 e. The van der Waals surface area contributed by atoms with E-state index in [4.69, 9.17) is 0 Å². The van der Waals surface area contributed by atoms with Crippen LogP contribution in [0.4, 0.5) is 14.1 Å². The molecule has 144 valence electrons. The molecular formula is C22H16F2N2PS2+. The van der Waals surface area contributed by atoms with Gasteiger partial charge in [0.25, 0.3) is 0 Å². The monoisotopic (exact) mass is 441 g/mol. The molecule has 0 fully saturated rings. The summed E-state index contributed by atoms with van der Waals surface area (Å²) in [6, 6.07) is 24.8. The fourth-order valence-electron chi connectivity index (χ4n) is 3.36. The molecule has 2 aliphatic heterocycles. The van der Waals surface area contributed by atoms with Crippen LogP contribution < -0.4 is 4.67 Å². The smallest absolute Gasteiger partial charge is 0.128 e. The van der Waals surface area contributed by atoms with Crippen molar-refractivity contribution in [3.8, 4) is 0 Å². The molecule has 0 radical (unpaired) electrons. The van der Waals surface area contributed by atoms with Crippen molar-refractivity contribution in [2.75, 3.05) is 4.67 Å². The summed E-state index contributed by atoms with van der Waals surface area (Å²) in [7, 11) is -4.72. The van der Waals surface area contributed by atoms with E-state index in [1.54, 1.807) is 12.1 Å². The maximum Gasteiger partial charge on any atom is 0.614 e. The second-order valence-electron chi connectivity index (χ2n) is 6.66. The molecule has 29 heavy (non-hydrogen) atoms. The van der Waals surface area contributed by atoms with Crippen molar-refractivity contribution in [3.63, 3.8) is 0 Å². The molecule has 0 saturated carbocycles. The second-order valence-corrected chi connectivity index (χ2v) is 10.2. The van der Waals surface area contributed by atoms with Crippen LogP contribution in [0.15, 0.2) is 98.4 Å². The SMILES string of the molecule is Cc1ccccc1SC1=N[P+](F)(F)N2C(=C1c1ccccc1)Sc1ccccc12. The molecule has 0 saturated heterocycles. The number of aryl methyl sites for hydroxylation is 1. The van der Waals surface area contributed by atoms with Crippen LogP contribution in [0, 0.1) is 6.92 Å². The third-order valence-electron chi connectivity index (χ3n) is 4.73. The van der Waals surface area contributed by atoms with Crippen LogP contribution in [0.25, 0.3) is 5.57 Å². The predicted octanol–water partition coefficient (Wildman–Crippen LogP) is 8.10. The molecule has 0 amide bonds. The number of nitrogens with zero attached hydrogens (tertiary/aromatic N) is 2. The van der Waals surface area contributed by atoms with Crippen molar-refractivity contribution in [2.24, 2.45) is 4.76 Å². The maximum absolute atomic E-state index is 15.4. The Morgan fingerprint density at radius 2 is 1.59 bits per heavy atom. The van der Waals surface area contributed by atoms with E-state index < -0.39 is 8.19 Å². The molecule has 7 heteroatoms. The van der Waals surface area contributed by atoms with E-state index in [0.717, 1.165) is 26.5 Å². The highest BCUT2D eigenvalue weighted by molar-refractivity contribution is 8.15. The molecule has 2 nitrogen and oxygen atoms in total. The molecular weight excluding hydrogens is 425 g/mol. The van der Waals surface area contributed by atoms with E-state index in [2.05, 4.69) is 4.76 Å². The zero-order valence-corrected chi connectivity index (χ0v) is 17.9. The number of benzene rings is 3. The Labute approximate surface area is 177 Å². The standard InChI is InChI=1S/C22H16F2N2PS2/c1-15-9-5-7-13-18(15)28-21-20(16-10-3-2-4-11-16)22-26(27(23,24)25-21)17-12-6-8-14-19(17)29-22/h2-14H,1H3/q+1. The number of halogens is 2. The van der Waals surface area contributed by atoms with Crippen LogP contribution in [-0.2, 0) is 0 Å². The summed E-state index contributed by atoms with van der Waals surface area (Å²) in [6.07, 6.45) is 0. The Morgan fingerprint density at radius 1 is 0.897 bits per heavy atom.